The van der Waals surface area contributed by atoms with Crippen molar-refractivity contribution < 1.29 is 19.4 Å². The smallest absolute Gasteiger partial charge is 0.332 e. The van der Waals surface area contributed by atoms with E-state index in [0.717, 1.165) is 0 Å². The molecule has 7 heteroatoms. The molecule has 1 aliphatic rings. The van der Waals surface area contributed by atoms with Crippen LogP contribution in [0.25, 0.3) is 0 Å². The predicted molar refractivity (Wildman–Crippen MR) is 70.1 cm³/mol. The average molecular weight is 273 g/mol. The maximum atomic E-state index is 11.5. The van der Waals surface area contributed by atoms with E-state index in [-0.39, 0.29) is 18.2 Å². The number of ether oxygens (including phenoxy) is 1. The summed E-state index contributed by atoms with van der Waals surface area (Å²) in [6.45, 7) is 2.91. The second-order valence-electron chi connectivity index (χ2n) is 5.07. The third-order valence-electron chi connectivity index (χ3n) is 3.31. The highest BCUT2D eigenvalue weighted by molar-refractivity contribution is 5.74. The summed E-state index contributed by atoms with van der Waals surface area (Å²) in [5.41, 5.74) is 0. The van der Waals surface area contributed by atoms with Gasteiger partial charge in [0.25, 0.3) is 0 Å². The van der Waals surface area contributed by atoms with E-state index in [4.69, 9.17) is 9.84 Å². The first kappa shape index (κ1) is 15.7. The van der Waals surface area contributed by atoms with Gasteiger partial charge in [-0.3, -0.25) is 0 Å². The Balaban J connectivity index is 2.16. The van der Waals surface area contributed by atoms with Crippen molar-refractivity contribution >= 4 is 12.0 Å². The molecule has 0 radical (unpaired) electrons. The van der Waals surface area contributed by atoms with Crippen LogP contribution in [0.15, 0.2) is 0 Å². The van der Waals surface area contributed by atoms with E-state index >= 15 is 0 Å². The van der Waals surface area contributed by atoms with E-state index in [1.54, 1.807) is 0 Å². The molecule has 0 aliphatic carbocycles. The largest absolute Gasteiger partial charge is 0.479 e. The van der Waals surface area contributed by atoms with Crippen LogP contribution in [0.3, 0.4) is 0 Å². The van der Waals surface area contributed by atoms with Gasteiger partial charge >= 0.3 is 12.0 Å². The van der Waals surface area contributed by atoms with Crippen LogP contribution in [-0.4, -0.2) is 67.4 Å². The van der Waals surface area contributed by atoms with Crippen LogP contribution < -0.4 is 10.6 Å². The van der Waals surface area contributed by atoms with Gasteiger partial charge in [0.2, 0.25) is 0 Å². The number of hydrogen-bond donors (Lipinski definition) is 3. The number of carbonyl (C=O) groups excluding carboxylic acids is 1. The van der Waals surface area contributed by atoms with Crippen molar-refractivity contribution in [3.8, 4) is 0 Å². The molecule has 0 aromatic rings. The lowest BCUT2D eigenvalue weighted by atomic mass is 10.2. The molecule has 3 atom stereocenters. The number of nitrogens with one attached hydrogen (secondary N) is 2. The van der Waals surface area contributed by atoms with E-state index < -0.39 is 12.1 Å². The average Bonchev–Trinajstić information content (AvgIpc) is 2.82. The SMILES string of the molecule is CC(CNC(=O)NCC1CCC(C(=O)O)O1)N(C)C. The highest BCUT2D eigenvalue weighted by Gasteiger charge is 2.30. The Hall–Kier alpha value is -1.34. The molecule has 1 fully saturated rings. The van der Waals surface area contributed by atoms with E-state index in [0.29, 0.717) is 25.9 Å². The van der Waals surface area contributed by atoms with Gasteiger partial charge in [-0.05, 0) is 33.9 Å². The number of urea groups is 1. The van der Waals surface area contributed by atoms with Crippen molar-refractivity contribution in [2.45, 2.75) is 38.0 Å². The Kier molecular flexibility index (Phi) is 6.04. The minimum atomic E-state index is -0.938. The summed E-state index contributed by atoms with van der Waals surface area (Å²) in [6.07, 6.45) is 0.216. The Morgan fingerprint density at radius 2 is 2.05 bits per heavy atom. The van der Waals surface area contributed by atoms with Crippen molar-refractivity contribution in [2.75, 3.05) is 27.2 Å². The molecule has 2 amide bonds. The number of carbonyl (C=O) groups is 2. The highest BCUT2D eigenvalue weighted by atomic mass is 16.5. The highest BCUT2D eigenvalue weighted by Crippen LogP contribution is 2.18. The number of carboxylic acid groups (broad SMARTS) is 1. The lowest BCUT2D eigenvalue weighted by molar-refractivity contribution is -0.149. The number of likely N-dealkylation sites (N-methyl/N-ethyl adjacent to an activating group) is 1. The first-order valence-corrected chi connectivity index (χ1v) is 6.46. The number of nitrogens with zero attached hydrogens (tertiary/aromatic N) is 1. The summed E-state index contributed by atoms with van der Waals surface area (Å²) in [4.78, 5) is 24.2. The van der Waals surface area contributed by atoms with Crippen LogP contribution in [0.5, 0.6) is 0 Å². The number of amides is 2. The summed E-state index contributed by atoms with van der Waals surface area (Å²) in [5.74, 6) is -0.938. The minimum Gasteiger partial charge on any atom is -0.479 e. The molecule has 0 bridgehead atoms. The first-order chi connectivity index (χ1) is 8.90. The monoisotopic (exact) mass is 273 g/mol. The van der Waals surface area contributed by atoms with Crippen LogP contribution in [0, 0.1) is 0 Å². The van der Waals surface area contributed by atoms with Crippen LogP contribution in [0.2, 0.25) is 0 Å². The lowest BCUT2D eigenvalue weighted by Crippen LogP contribution is -2.44. The van der Waals surface area contributed by atoms with Gasteiger partial charge in [0.1, 0.15) is 0 Å². The molecule has 1 saturated heterocycles. The van der Waals surface area contributed by atoms with Crippen molar-refractivity contribution in [1.29, 1.82) is 0 Å². The summed E-state index contributed by atoms with van der Waals surface area (Å²) in [5, 5.41) is 14.2. The van der Waals surface area contributed by atoms with Crippen LogP contribution in [0.1, 0.15) is 19.8 Å². The van der Waals surface area contributed by atoms with Crippen molar-refractivity contribution in [3.63, 3.8) is 0 Å². The van der Waals surface area contributed by atoms with Gasteiger partial charge in [-0.25, -0.2) is 9.59 Å². The Bertz CT molecular complexity index is 322. The van der Waals surface area contributed by atoms with Crippen molar-refractivity contribution in [2.24, 2.45) is 0 Å². The molecular weight excluding hydrogens is 250 g/mol. The molecule has 19 heavy (non-hydrogen) atoms. The Labute approximate surface area is 113 Å². The molecule has 3 unspecified atom stereocenters. The standard InChI is InChI=1S/C12H23N3O4/c1-8(15(2)3)6-13-12(18)14-7-9-4-5-10(19-9)11(16)17/h8-10H,4-7H2,1-3H3,(H,16,17)(H2,13,14,18). The van der Waals surface area contributed by atoms with E-state index in [1.807, 2.05) is 25.9 Å². The molecule has 0 spiro atoms. The second-order valence-corrected chi connectivity index (χ2v) is 5.07. The van der Waals surface area contributed by atoms with E-state index in [1.165, 1.54) is 0 Å². The van der Waals surface area contributed by atoms with Gasteiger partial charge in [0.15, 0.2) is 6.10 Å². The molecule has 1 heterocycles. The van der Waals surface area contributed by atoms with E-state index in [2.05, 4.69) is 10.6 Å². The zero-order valence-electron chi connectivity index (χ0n) is 11.7. The van der Waals surface area contributed by atoms with Crippen molar-refractivity contribution in [3.05, 3.63) is 0 Å². The summed E-state index contributed by atoms with van der Waals surface area (Å²) in [6, 6.07) is 0.000876. The van der Waals surface area contributed by atoms with Crippen molar-refractivity contribution in [1.82, 2.24) is 15.5 Å². The quantitative estimate of drug-likeness (QED) is 0.627. The zero-order chi connectivity index (χ0) is 14.4. The maximum Gasteiger partial charge on any atom is 0.332 e. The number of hydrogen-bond acceptors (Lipinski definition) is 4. The third-order valence-corrected chi connectivity index (χ3v) is 3.31. The van der Waals surface area contributed by atoms with Gasteiger partial charge in [-0.15, -0.1) is 0 Å². The number of rotatable bonds is 6. The second kappa shape index (κ2) is 7.30. The Morgan fingerprint density at radius 3 is 2.58 bits per heavy atom. The summed E-state index contributed by atoms with van der Waals surface area (Å²) in [7, 11) is 3.89. The van der Waals surface area contributed by atoms with Crippen LogP contribution >= 0.6 is 0 Å². The third kappa shape index (κ3) is 5.44. The normalized spacial score (nSPS) is 24.2. The molecule has 0 aromatic heterocycles. The van der Waals surface area contributed by atoms with Crippen LogP contribution in [0.4, 0.5) is 4.79 Å². The first-order valence-electron chi connectivity index (χ1n) is 6.46. The van der Waals surface area contributed by atoms with Crippen LogP contribution in [-0.2, 0) is 9.53 Å². The van der Waals surface area contributed by atoms with Gasteiger partial charge < -0.3 is 25.4 Å². The zero-order valence-corrected chi connectivity index (χ0v) is 11.7. The van der Waals surface area contributed by atoms with E-state index in [9.17, 15) is 9.59 Å². The van der Waals surface area contributed by atoms with Gasteiger partial charge in [-0.1, -0.05) is 0 Å². The van der Waals surface area contributed by atoms with Gasteiger partial charge in [-0.2, -0.15) is 0 Å². The predicted octanol–water partition coefficient (Wildman–Crippen LogP) is -0.132. The molecule has 7 nitrogen and oxygen atoms in total. The molecule has 110 valence electrons. The molecule has 0 aromatic carbocycles. The van der Waals surface area contributed by atoms with Gasteiger partial charge in [0.05, 0.1) is 6.10 Å². The summed E-state index contributed by atoms with van der Waals surface area (Å²) >= 11 is 0. The molecule has 1 aliphatic heterocycles. The number of carboxylic acids is 1. The topological polar surface area (TPSA) is 90.9 Å². The fraction of sp³-hybridized carbons (Fsp3) is 0.833. The fourth-order valence-electron chi connectivity index (χ4n) is 1.73. The maximum absolute atomic E-state index is 11.5. The molecule has 1 rings (SSSR count). The molecule has 0 saturated carbocycles. The fourth-order valence-corrected chi connectivity index (χ4v) is 1.73. The molecule has 3 N–H and O–H groups in total. The minimum absolute atomic E-state index is 0.210. The Morgan fingerprint density at radius 1 is 1.37 bits per heavy atom. The lowest BCUT2D eigenvalue weighted by Gasteiger charge is -2.20. The molecular formula is C12H23N3O4. The van der Waals surface area contributed by atoms with Gasteiger partial charge in [0, 0.05) is 19.1 Å². The summed E-state index contributed by atoms with van der Waals surface area (Å²) < 4.78 is 5.29. The number of aliphatic carboxylic acids is 1.